The fourth-order valence-electron chi connectivity index (χ4n) is 2.76. The summed E-state index contributed by atoms with van der Waals surface area (Å²) < 4.78 is 24.3. The Kier molecular flexibility index (Phi) is 7.99. The Morgan fingerprint density at radius 3 is 2.55 bits per heavy atom. The van der Waals surface area contributed by atoms with Gasteiger partial charge in [-0.05, 0) is 54.4 Å². The molecule has 0 fully saturated rings. The molecule has 0 spiro atoms. The van der Waals surface area contributed by atoms with Crippen molar-refractivity contribution in [1.29, 1.82) is 0 Å². The number of benzene rings is 3. The van der Waals surface area contributed by atoms with Crippen LogP contribution in [0.4, 0.5) is 10.1 Å². The molecule has 0 aliphatic carbocycles. The summed E-state index contributed by atoms with van der Waals surface area (Å²) >= 11 is 6.03. The Morgan fingerprint density at radius 2 is 1.85 bits per heavy atom. The highest BCUT2D eigenvalue weighted by Gasteiger charge is 2.14. The lowest BCUT2D eigenvalue weighted by atomic mass is 10.2. The number of ether oxygens (including phenoxy) is 2. The summed E-state index contributed by atoms with van der Waals surface area (Å²) in [6.45, 7) is 1.99. The van der Waals surface area contributed by atoms with Crippen molar-refractivity contribution in [3.8, 4) is 11.5 Å². The Labute approximate surface area is 195 Å². The van der Waals surface area contributed by atoms with Crippen LogP contribution in [-0.4, -0.2) is 25.1 Å². The van der Waals surface area contributed by atoms with Gasteiger partial charge < -0.3 is 14.8 Å². The van der Waals surface area contributed by atoms with Crippen molar-refractivity contribution >= 4 is 35.3 Å². The maximum absolute atomic E-state index is 13.1. The minimum absolute atomic E-state index is 0.162. The zero-order chi connectivity index (χ0) is 23.8. The van der Waals surface area contributed by atoms with Crippen molar-refractivity contribution in [1.82, 2.24) is 5.43 Å². The molecule has 3 rings (SSSR count). The Hall–Kier alpha value is -3.91. The van der Waals surface area contributed by atoms with Gasteiger partial charge >= 0.3 is 11.8 Å². The molecule has 0 aliphatic rings. The van der Waals surface area contributed by atoms with Gasteiger partial charge in [0.2, 0.25) is 0 Å². The number of hydrazone groups is 1. The molecule has 0 heterocycles. The number of methoxy groups -OCH3 is 1. The molecule has 9 heteroatoms. The van der Waals surface area contributed by atoms with Crippen molar-refractivity contribution in [3.05, 3.63) is 88.2 Å². The largest absolute Gasteiger partial charge is 0.493 e. The fourth-order valence-corrected chi connectivity index (χ4v) is 2.94. The minimum Gasteiger partial charge on any atom is -0.493 e. The first-order valence-electron chi connectivity index (χ1n) is 9.82. The van der Waals surface area contributed by atoms with Crippen LogP contribution in [0.1, 0.15) is 16.7 Å². The second-order valence-electron chi connectivity index (χ2n) is 6.91. The molecule has 0 atom stereocenters. The van der Waals surface area contributed by atoms with Gasteiger partial charge in [0.05, 0.1) is 13.3 Å². The van der Waals surface area contributed by atoms with Gasteiger partial charge in [-0.25, -0.2) is 9.82 Å². The molecule has 33 heavy (non-hydrogen) atoms. The summed E-state index contributed by atoms with van der Waals surface area (Å²) in [5.41, 5.74) is 4.66. The Morgan fingerprint density at radius 1 is 1.09 bits per heavy atom. The number of carbonyl (C=O) groups excluding carboxylic acids is 2. The molecule has 3 aromatic rings. The Balaban J connectivity index is 1.65. The first-order chi connectivity index (χ1) is 15.9. The second kappa shape index (κ2) is 11.1. The van der Waals surface area contributed by atoms with Gasteiger partial charge in [-0.2, -0.15) is 5.10 Å². The van der Waals surface area contributed by atoms with E-state index >= 15 is 0 Å². The van der Waals surface area contributed by atoms with Crippen LogP contribution in [0.5, 0.6) is 11.5 Å². The van der Waals surface area contributed by atoms with Crippen molar-refractivity contribution in [3.63, 3.8) is 0 Å². The first kappa shape index (κ1) is 23.7. The van der Waals surface area contributed by atoms with E-state index in [1.807, 2.05) is 6.92 Å². The number of hydrogen-bond acceptors (Lipinski definition) is 5. The topological polar surface area (TPSA) is 89.0 Å². The molecule has 2 amide bonds. The lowest BCUT2D eigenvalue weighted by molar-refractivity contribution is -0.136. The monoisotopic (exact) mass is 469 g/mol. The van der Waals surface area contributed by atoms with E-state index in [0.717, 1.165) is 11.1 Å². The zero-order valence-corrected chi connectivity index (χ0v) is 18.7. The average Bonchev–Trinajstić information content (AvgIpc) is 2.81. The number of rotatable bonds is 7. The van der Waals surface area contributed by atoms with E-state index in [2.05, 4.69) is 15.8 Å². The number of halogens is 2. The number of hydrogen-bond donors (Lipinski definition) is 2. The van der Waals surface area contributed by atoms with Crippen molar-refractivity contribution in [2.24, 2.45) is 5.10 Å². The van der Waals surface area contributed by atoms with E-state index in [9.17, 15) is 14.0 Å². The number of amides is 2. The number of anilines is 1. The molecule has 0 unspecified atom stereocenters. The molecule has 0 saturated carbocycles. The van der Waals surface area contributed by atoms with Crippen LogP contribution in [0.15, 0.2) is 65.8 Å². The van der Waals surface area contributed by atoms with Crippen LogP contribution in [0.3, 0.4) is 0 Å². The van der Waals surface area contributed by atoms with E-state index in [1.165, 1.54) is 25.5 Å². The molecule has 0 saturated heterocycles. The summed E-state index contributed by atoms with van der Waals surface area (Å²) in [6.07, 6.45) is 1.33. The van der Waals surface area contributed by atoms with Gasteiger partial charge in [0.1, 0.15) is 12.4 Å². The zero-order valence-electron chi connectivity index (χ0n) is 17.9. The van der Waals surface area contributed by atoms with Gasteiger partial charge in [-0.3, -0.25) is 9.59 Å². The molecule has 0 aromatic heterocycles. The average molecular weight is 470 g/mol. The van der Waals surface area contributed by atoms with Crippen LogP contribution in [0.25, 0.3) is 0 Å². The van der Waals surface area contributed by atoms with Gasteiger partial charge in [0.15, 0.2) is 11.5 Å². The third-order valence-electron chi connectivity index (χ3n) is 4.53. The van der Waals surface area contributed by atoms with Crippen LogP contribution in [0.2, 0.25) is 5.02 Å². The molecule has 0 bridgehead atoms. The fraction of sp³-hybridized carbons (Fsp3) is 0.125. The smallest absolute Gasteiger partial charge is 0.329 e. The molecular formula is C24H21ClFN3O4. The third-order valence-corrected chi connectivity index (χ3v) is 4.94. The van der Waals surface area contributed by atoms with Crippen molar-refractivity contribution < 1.29 is 23.5 Å². The van der Waals surface area contributed by atoms with Gasteiger partial charge in [-0.1, -0.05) is 35.9 Å². The molecular weight excluding hydrogens is 449 g/mol. The van der Waals surface area contributed by atoms with Gasteiger partial charge in [0, 0.05) is 16.3 Å². The summed E-state index contributed by atoms with van der Waals surface area (Å²) in [4.78, 5) is 24.2. The quantitative estimate of drug-likeness (QED) is 0.303. The van der Waals surface area contributed by atoms with Crippen LogP contribution in [0, 0.1) is 12.7 Å². The molecule has 3 aromatic carbocycles. The maximum atomic E-state index is 13.1. The number of aryl methyl sites for hydroxylation is 1. The normalized spacial score (nSPS) is 10.7. The molecule has 170 valence electrons. The molecule has 2 N–H and O–H groups in total. The third kappa shape index (κ3) is 6.54. The molecule has 0 aliphatic heterocycles. The highest BCUT2D eigenvalue weighted by molar-refractivity contribution is 6.39. The van der Waals surface area contributed by atoms with E-state index < -0.39 is 11.8 Å². The van der Waals surface area contributed by atoms with Gasteiger partial charge in [0.25, 0.3) is 0 Å². The van der Waals surface area contributed by atoms with E-state index in [4.69, 9.17) is 21.1 Å². The van der Waals surface area contributed by atoms with E-state index in [1.54, 1.807) is 48.5 Å². The number of carbonyl (C=O) groups is 2. The van der Waals surface area contributed by atoms with Crippen LogP contribution < -0.4 is 20.2 Å². The second-order valence-corrected chi connectivity index (χ2v) is 7.32. The highest BCUT2D eigenvalue weighted by Crippen LogP contribution is 2.30. The summed E-state index contributed by atoms with van der Waals surface area (Å²) in [5, 5.41) is 6.76. The summed E-state index contributed by atoms with van der Waals surface area (Å²) in [5.74, 6) is -1.37. The Bertz CT molecular complexity index is 1180. The highest BCUT2D eigenvalue weighted by atomic mass is 35.5. The van der Waals surface area contributed by atoms with E-state index in [0.29, 0.717) is 27.8 Å². The SMILES string of the molecule is COc1cccc(/C=N\NC(=O)C(=O)Nc2ccc(C)c(Cl)c2)c1OCc1ccc(F)cc1. The van der Waals surface area contributed by atoms with Crippen molar-refractivity contribution in [2.45, 2.75) is 13.5 Å². The lowest BCUT2D eigenvalue weighted by Gasteiger charge is -2.13. The van der Waals surface area contributed by atoms with E-state index in [-0.39, 0.29) is 12.4 Å². The number of nitrogens with one attached hydrogen (secondary N) is 2. The summed E-state index contributed by atoms with van der Waals surface area (Å²) in [6, 6.07) is 15.9. The standard InChI is InChI=1S/C24H21ClFN3O4/c1-15-6-11-19(12-20(15)25)28-23(30)24(31)29-27-13-17-4-3-5-21(32-2)22(17)33-14-16-7-9-18(26)10-8-16/h3-13H,14H2,1-2H3,(H,28,30)(H,29,31)/b27-13-. The lowest BCUT2D eigenvalue weighted by Crippen LogP contribution is -2.32. The summed E-state index contributed by atoms with van der Waals surface area (Å²) in [7, 11) is 1.49. The molecule has 7 nitrogen and oxygen atoms in total. The first-order valence-corrected chi connectivity index (χ1v) is 10.2. The predicted molar refractivity (Wildman–Crippen MR) is 124 cm³/mol. The number of nitrogens with zero attached hydrogens (tertiary/aromatic N) is 1. The molecule has 0 radical (unpaired) electrons. The van der Waals surface area contributed by atoms with Crippen LogP contribution in [-0.2, 0) is 16.2 Å². The minimum atomic E-state index is -0.959. The predicted octanol–water partition coefficient (Wildman–Crippen LogP) is 4.46. The van der Waals surface area contributed by atoms with Gasteiger partial charge in [-0.15, -0.1) is 0 Å². The van der Waals surface area contributed by atoms with Crippen LogP contribution >= 0.6 is 11.6 Å². The van der Waals surface area contributed by atoms with Crippen molar-refractivity contribution in [2.75, 3.05) is 12.4 Å². The number of para-hydroxylation sites is 1. The maximum Gasteiger partial charge on any atom is 0.329 e.